The van der Waals surface area contributed by atoms with Crippen molar-refractivity contribution in [3.05, 3.63) is 23.8 Å². The van der Waals surface area contributed by atoms with Gasteiger partial charge in [-0.15, -0.1) is 12.4 Å². The minimum atomic E-state index is 0. The lowest BCUT2D eigenvalue weighted by molar-refractivity contribution is 0.411. The van der Waals surface area contributed by atoms with Crippen LogP contribution in [0.1, 0.15) is 5.56 Å². The van der Waals surface area contributed by atoms with Gasteiger partial charge in [0, 0.05) is 17.8 Å². The highest BCUT2D eigenvalue weighted by Gasteiger charge is 2.13. The Labute approximate surface area is 78.3 Å². The number of benzene rings is 1. The maximum atomic E-state index is 5.22. The molecule has 1 aliphatic rings. The first-order chi connectivity index (χ1) is 5.42. The zero-order chi connectivity index (χ0) is 7.68. The number of anilines is 1. The van der Waals surface area contributed by atoms with Crippen LogP contribution in [0.3, 0.4) is 0 Å². The highest BCUT2D eigenvalue weighted by atomic mass is 35.5. The van der Waals surface area contributed by atoms with Crippen molar-refractivity contribution in [1.29, 1.82) is 0 Å². The van der Waals surface area contributed by atoms with Crippen LogP contribution in [-0.2, 0) is 6.42 Å². The van der Waals surface area contributed by atoms with Gasteiger partial charge >= 0.3 is 0 Å². The number of hydrogen-bond donors (Lipinski definition) is 1. The first kappa shape index (κ1) is 9.20. The fourth-order valence-electron chi connectivity index (χ4n) is 1.50. The predicted octanol–water partition coefficient (Wildman–Crippen LogP) is 2.08. The van der Waals surface area contributed by atoms with Gasteiger partial charge < -0.3 is 10.1 Å². The van der Waals surface area contributed by atoms with E-state index in [4.69, 9.17) is 4.74 Å². The van der Waals surface area contributed by atoms with E-state index in [1.54, 1.807) is 7.11 Å². The van der Waals surface area contributed by atoms with Gasteiger partial charge in [0.1, 0.15) is 5.75 Å². The van der Waals surface area contributed by atoms with E-state index < -0.39 is 0 Å². The van der Waals surface area contributed by atoms with Crippen LogP contribution in [0.15, 0.2) is 18.2 Å². The Hall–Kier alpha value is -0.890. The molecule has 0 bridgehead atoms. The summed E-state index contributed by atoms with van der Waals surface area (Å²) in [5, 5.41) is 3.29. The molecule has 1 heterocycles. The molecule has 12 heavy (non-hydrogen) atoms. The monoisotopic (exact) mass is 185 g/mol. The molecule has 0 fully saturated rings. The normalized spacial score (nSPS) is 12.8. The summed E-state index contributed by atoms with van der Waals surface area (Å²) >= 11 is 0. The Morgan fingerprint density at radius 2 is 2.25 bits per heavy atom. The maximum absolute atomic E-state index is 5.22. The Morgan fingerprint density at radius 1 is 1.42 bits per heavy atom. The van der Waals surface area contributed by atoms with Gasteiger partial charge in [-0.2, -0.15) is 0 Å². The second kappa shape index (κ2) is 3.68. The molecular weight excluding hydrogens is 174 g/mol. The summed E-state index contributed by atoms with van der Waals surface area (Å²) < 4.78 is 5.22. The van der Waals surface area contributed by atoms with Crippen LogP contribution in [0.25, 0.3) is 0 Å². The largest absolute Gasteiger partial charge is 0.496 e. The maximum Gasteiger partial charge on any atom is 0.124 e. The molecule has 2 rings (SSSR count). The van der Waals surface area contributed by atoms with Crippen molar-refractivity contribution in [2.45, 2.75) is 6.42 Å². The Kier molecular flexibility index (Phi) is 2.82. The van der Waals surface area contributed by atoms with Crippen LogP contribution in [0.5, 0.6) is 5.75 Å². The summed E-state index contributed by atoms with van der Waals surface area (Å²) in [6.45, 7) is 1.04. The van der Waals surface area contributed by atoms with Crippen molar-refractivity contribution in [2.24, 2.45) is 0 Å². The van der Waals surface area contributed by atoms with E-state index in [0.29, 0.717) is 0 Å². The Balaban J connectivity index is 0.000000720. The van der Waals surface area contributed by atoms with Gasteiger partial charge in [0.2, 0.25) is 0 Å². The summed E-state index contributed by atoms with van der Waals surface area (Å²) in [5.41, 5.74) is 2.54. The molecule has 0 spiro atoms. The molecule has 2 nitrogen and oxygen atoms in total. The van der Waals surface area contributed by atoms with Crippen LogP contribution in [0, 0.1) is 0 Å². The molecule has 0 radical (unpaired) electrons. The van der Waals surface area contributed by atoms with Crippen molar-refractivity contribution >= 4 is 18.1 Å². The van der Waals surface area contributed by atoms with Gasteiger partial charge in [0.25, 0.3) is 0 Å². The van der Waals surface area contributed by atoms with Crippen molar-refractivity contribution in [3.63, 3.8) is 0 Å². The molecule has 1 aliphatic heterocycles. The second-order valence-electron chi connectivity index (χ2n) is 2.66. The molecule has 1 aromatic carbocycles. The topological polar surface area (TPSA) is 21.3 Å². The van der Waals surface area contributed by atoms with Crippen LogP contribution in [0.4, 0.5) is 5.69 Å². The first-order valence-electron chi connectivity index (χ1n) is 3.81. The van der Waals surface area contributed by atoms with E-state index in [-0.39, 0.29) is 12.4 Å². The molecule has 66 valence electrons. The number of halogens is 1. The number of fused-ring (bicyclic) bond motifs is 1. The first-order valence-corrected chi connectivity index (χ1v) is 3.81. The van der Waals surface area contributed by atoms with Crippen LogP contribution < -0.4 is 10.1 Å². The molecular formula is C9H12ClNO. The minimum Gasteiger partial charge on any atom is -0.496 e. The fourth-order valence-corrected chi connectivity index (χ4v) is 1.50. The molecule has 0 amide bonds. The molecule has 0 unspecified atom stereocenters. The smallest absolute Gasteiger partial charge is 0.124 e. The molecule has 0 atom stereocenters. The van der Waals surface area contributed by atoms with Gasteiger partial charge in [-0.25, -0.2) is 0 Å². The molecule has 0 saturated heterocycles. The molecule has 1 N–H and O–H groups in total. The zero-order valence-corrected chi connectivity index (χ0v) is 7.78. The molecule has 1 aromatic rings. The van der Waals surface area contributed by atoms with Crippen molar-refractivity contribution in [2.75, 3.05) is 19.0 Å². The highest BCUT2D eigenvalue weighted by molar-refractivity contribution is 5.85. The standard InChI is InChI=1S/C9H11NO.ClH/c1-11-9-4-2-3-8-7(9)5-6-10-8;/h2-4,10H,5-6H2,1H3;1H. The van der Waals surface area contributed by atoms with Crippen molar-refractivity contribution in [1.82, 2.24) is 0 Å². The third kappa shape index (κ3) is 1.34. The molecule has 3 heteroatoms. The lowest BCUT2D eigenvalue weighted by atomic mass is 10.1. The average Bonchev–Trinajstić information content (AvgIpc) is 2.50. The minimum absolute atomic E-state index is 0. The quantitative estimate of drug-likeness (QED) is 0.724. The van der Waals surface area contributed by atoms with Crippen molar-refractivity contribution < 1.29 is 4.74 Å². The molecule has 0 saturated carbocycles. The molecule has 0 aromatic heterocycles. The van der Waals surface area contributed by atoms with Gasteiger partial charge in [-0.3, -0.25) is 0 Å². The number of rotatable bonds is 1. The number of hydrogen-bond acceptors (Lipinski definition) is 2. The van der Waals surface area contributed by atoms with E-state index in [0.717, 1.165) is 18.7 Å². The van der Waals surface area contributed by atoms with E-state index in [9.17, 15) is 0 Å². The van der Waals surface area contributed by atoms with E-state index in [1.165, 1.54) is 11.3 Å². The summed E-state index contributed by atoms with van der Waals surface area (Å²) in [6, 6.07) is 6.10. The summed E-state index contributed by atoms with van der Waals surface area (Å²) in [5.74, 6) is 1.01. The number of ether oxygens (including phenoxy) is 1. The highest BCUT2D eigenvalue weighted by Crippen LogP contribution is 2.30. The van der Waals surface area contributed by atoms with Crippen LogP contribution in [-0.4, -0.2) is 13.7 Å². The van der Waals surface area contributed by atoms with Gasteiger partial charge in [0.15, 0.2) is 0 Å². The Bertz CT molecular complexity index is 275. The lowest BCUT2D eigenvalue weighted by Crippen LogP contribution is -1.90. The average molecular weight is 186 g/mol. The van der Waals surface area contributed by atoms with Crippen molar-refractivity contribution in [3.8, 4) is 5.75 Å². The fraction of sp³-hybridized carbons (Fsp3) is 0.333. The SMILES string of the molecule is COc1cccc2c1CCN2.Cl. The van der Waals surface area contributed by atoms with Gasteiger partial charge in [-0.05, 0) is 18.6 Å². The van der Waals surface area contributed by atoms with Gasteiger partial charge in [0.05, 0.1) is 7.11 Å². The third-order valence-corrected chi connectivity index (χ3v) is 2.04. The predicted molar refractivity (Wildman–Crippen MR) is 52.4 cm³/mol. The summed E-state index contributed by atoms with van der Waals surface area (Å²) in [4.78, 5) is 0. The number of nitrogens with one attached hydrogen (secondary N) is 1. The van der Waals surface area contributed by atoms with Gasteiger partial charge in [-0.1, -0.05) is 6.07 Å². The Morgan fingerprint density at radius 3 is 3.00 bits per heavy atom. The van der Waals surface area contributed by atoms with E-state index in [2.05, 4.69) is 11.4 Å². The van der Waals surface area contributed by atoms with E-state index >= 15 is 0 Å². The molecule has 0 aliphatic carbocycles. The van der Waals surface area contributed by atoms with E-state index in [1.807, 2.05) is 12.1 Å². The summed E-state index contributed by atoms with van der Waals surface area (Å²) in [7, 11) is 1.72. The lowest BCUT2D eigenvalue weighted by Gasteiger charge is -2.04. The zero-order valence-electron chi connectivity index (χ0n) is 6.96. The second-order valence-corrected chi connectivity index (χ2v) is 2.66. The summed E-state index contributed by atoms with van der Waals surface area (Å²) in [6.07, 6.45) is 1.08. The van der Waals surface area contributed by atoms with Crippen LogP contribution >= 0.6 is 12.4 Å². The van der Waals surface area contributed by atoms with Crippen LogP contribution in [0.2, 0.25) is 0 Å². The number of methoxy groups -OCH3 is 1. The third-order valence-electron chi connectivity index (χ3n) is 2.04.